The quantitative estimate of drug-likeness (QED) is 0.597. The van der Waals surface area contributed by atoms with E-state index in [1.54, 1.807) is 0 Å². The molecular weight excluding hydrogens is 275 g/mol. The highest BCUT2D eigenvalue weighted by molar-refractivity contribution is 6.61. The van der Waals surface area contributed by atoms with Gasteiger partial charge in [-0.3, -0.25) is 0 Å². The minimum absolute atomic E-state index is 0.0483. The molecule has 0 spiro atoms. The Hall–Kier alpha value is -1.91. The molecule has 116 valence electrons. The maximum absolute atomic E-state index is 6.06. The molecule has 3 rings (SSSR count). The summed E-state index contributed by atoms with van der Waals surface area (Å²) in [7, 11) is -0.425. The van der Waals surface area contributed by atoms with Crippen LogP contribution in [0.25, 0.3) is 0 Å². The van der Waals surface area contributed by atoms with Gasteiger partial charge in [0.15, 0.2) is 0 Å². The van der Waals surface area contributed by atoms with E-state index in [-0.39, 0.29) is 11.1 Å². The van der Waals surface area contributed by atoms with Crippen molar-refractivity contribution in [1.29, 1.82) is 0 Å². The average molecular weight is 299 g/mol. The molecule has 1 aromatic heterocycles. The van der Waals surface area contributed by atoms with Crippen molar-refractivity contribution in [2.45, 2.75) is 52.6 Å². The molecule has 0 radical (unpaired) electrons. The lowest BCUT2D eigenvalue weighted by Crippen LogP contribution is -2.68. The van der Waals surface area contributed by atoms with Crippen LogP contribution in [-0.2, 0) is 11.1 Å². The Morgan fingerprint density at radius 1 is 0.955 bits per heavy atom. The third-order valence-corrected chi connectivity index (χ3v) is 3.83. The van der Waals surface area contributed by atoms with Crippen molar-refractivity contribution in [1.82, 2.24) is 4.57 Å². The van der Waals surface area contributed by atoms with Gasteiger partial charge < -0.3 is 9.31 Å². The van der Waals surface area contributed by atoms with Crippen molar-refractivity contribution in [3.05, 3.63) is 36.7 Å². The molecule has 0 saturated carbocycles. The number of aromatic nitrogens is 2. The maximum atomic E-state index is 6.06. The van der Waals surface area contributed by atoms with Crippen LogP contribution in [0, 0.1) is 0 Å². The van der Waals surface area contributed by atoms with Gasteiger partial charge in [0.2, 0.25) is 0 Å². The summed E-state index contributed by atoms with van der Waals surface area (Å²) in [5, 5.41) is 0. The Morgan fingerprint density at radius 3 is 1.95 bits per heavy atom. The smallest absolute Gasteiger partial charge is 0.515 e. The van der Waals surface area contributed by atoms with Crippen LogP contribution in [0.4, 0.5) is 0 Å². The number of rotatable bonds is 1. The minimum atomic E-state index is -0.425. The number of nitrogens with zero attached hydrogens (tertiary/aromatic N) is 2. The number of imidazole rings is 1. The fourth-order valence-electron chi connectivity index (χ4n) is 2.77. The summed E-state index contributed by atoms with van der Waals surface area (Å²) in [4.78, 5) is 0. The van der Waals surface area contributed by atoms with Crippen molar-refractivity contribution in [2.75, 3.05) is 0 Å². The van der Waals surface area contributed by atoms with E-state index in [0.717, 1.165) is 17.2 Å². The zero-order valence-electron chi connectivity index (χ0n) is 14.3. The van der Waals surface area contributed by atoms with Crippen LogP contribution in [0.15, 0.2) is 36.7 Å². The second-order valence-corrected chi connectivity index (χ2v) is 7.75. The Kier molecular flexibility index (Phi) is 3.27. The molecule has 2 heterocycles. The first-order chi connectivity index (χ1) is 10.2. The maximum Gasteiger partial charge on any atom is 0.721 e. The van der Waals surface area contributed by atoms with Crippen molar-refractivity contribution in [3.8, 4) is 11.5 Å². The molecule has 0 unspecified atom stereocenters. The van der Waals surface area contributed by atoms with Gasteiger partial charge in [-0.25, -0.2) is 9.13 Å². The second-order valence-electron chi connectivity index (χ2n) is 7.75. The van der Waals surface area contributed by atoms with Crippen molar-refractivity contribution < 1.29 is 13.9 Å². The number of hydrogen-bond acceptors (Lipinski definition) is 2. The summed E-state index contributed by atoms with van der Waals surface area (Å²) >= 11 is 0. The molecule has 5 heteroatoms. The molecule has 0 fully saturated rings. The molecule has 0 N–H and O–H groups in total. The fourth-order valence-corrected chi connectivity index (χ4v) is 2.77. The van der Waals surface area contributed by atoms with Crippen molar-refractivity contribution in [3.63, 3.8) is 0 Å². The van der Waals surface area contributed by atoms with E-state index in [9.17, 15) is 0 Å². The van der Waals surface area contributed by atoms with Crippen LogP contribution in [-0.4, -0.2) is 11.7 Å². The van der Waals surface area contributed by atoms with Gasteiger partial charge in [0.25, 0.3) is 0 Å². The Bertz CT molecular complexity index is 639. The van der Waals surface area contributed by atoms with Gasteiger partial charge >= 0.3 is 12.8 Å². The minimum Gasteiger partial charge on any atom is -0.515 e. The van der Waals surface area contributed by atoms with E-state index in [1.165, 1.54) is 0 Å². The molecule has 0 saturated heterocycles. The van der Waals surface area contributed by atoms with Gasteiger partial charge in [0.1, 0.15) is 35.0 Å². The highest BCUT2D eigenvalue weighted by Crippen LogP contribution is 2.32. The van der Waals surface area contributed by atoms with E-state index >= 15 is 0 Å². The topological polar surface area (TPSA) is 27.3 Å². The molecule has 22 heavy (non-hydrogen) atoms. The van der Waals surface area contributed by atoms with E-state index in [4.69, 9.17) is 9.31 Å². The van der Waals surface area contributed by atoms with Crippen molar-refractivity contribution >= 4 is 12.8 Å². The molecular formula is C17H24BN2O2+. The molecule has 1 aromatic carbocycles. The highest BCUT2D eigenvalue weighted by Gasteiger charge is 2.49. The van der Waals surface area contributed by atoms with E-state index < -0.39 is 7.12 Å². The van der Waals surface area contributed by atoms with E-state index in [1.807, 2.05) is 24.3 Å². The standard InChI is InChI=1S/C17H24BN2O2/c1-16(2,3)19-11-12-20(17(4,5)6)15(19)18-21-13-9-7-8-10-14(13)22-18/h7-12H,1-6H3/q+1. The summed E-state index contributed by atoms with van der Waals surface area (Å²) in [5.74, 6) is 1.60. The van der Waals surface area contributed by atoms with E-state index in [0.29, 0.717) is 0 Å². The van der Waals surface area contributed by atoms with Gasteiger partial charge in [-0.15, -0.1) is 0 Å². The third kappa shape index (κ3) is 2.49. The molecule has 1 aliphatic heterocycles. The lowest BCUT2D eigenvalue weighted by atomic mass is 9.86. The first kappa shape index (κ1) is 15.0. The van der Waals surface area contributed by atoms with E-state index in [2.05, 4.69) is 63.1 Å². The number of benzene rings is 1. The number of hydrogen-bond donors (Lipinski definition) is 0. The SMILES string of the molecule is CC(C)(C)n1cc[n+](C(C)(C)C)c1B1Oc2ccccc2O1. The molecule has 1 aliphatic rings. The summed E-state index contributed by atoms with van der Waals surface area (Å²) < 4.78 is 16.6. The van der Waals surface area contributed by atoms with Crippen LogP contribution in [0.5, 0.6) is 11.5 Å². The number of para-hydroxylation sites is 2. The van der Waals surface area contributed by atoms with Crippen LogP contribution in [0.3, 0.4) is 0 Å². The predicted molar refractivity (Wildman–Crippen MR) is 87.7 cm³/mol. The Labute approximate surface area is 132 Å². The number of fused-ring (bicyclic) bond motifs is 1. The van der Waals surface area contributed by atoms with Crippen LogP contribution in [0.2, 0.25) is 0 Å². The first-order valence-electron chi connectivity index (χ1n) is 7.74. The lowest BCUT2D eigenvalue weighted by Gasteiger charge is -2.21. The lowest BCUT2D eigenvalue weighted by molar-refractivity contribution is -0.738. The fraction of sp³-hybridized carbons (Fsp3) is 0.471. The third-order valence-electron chi connectivity index (χ3n) is 3.83. The normalized spacial score (nSPS) is 14.5. The van der Waals surface area contributed by atoms with Crippen molar-refractivity contribution in [2.24, 2.45) is 0 Å². The summed E-state index contributed by atoms with van der Waals surface area (Å²) in [6.07, 6.45) is 4.21. The molecule has 0 amide bonds. The van der Waals surface area contributed by atoms with Gasteiger partial charge in [-0.05, 0) is 53.7 Å². The first-order valence-corrected chi connectivity index (χ1v) is 7.74. The zero-order valence-corrected chi connectivity index (χ0v) is 14.3. The molecule has 4 nitrogen and oxygen atoms in total. The molecule has 0 bridgehead atoms. The van der Waals surface area contributed by atoms with Crippen LogP contribution >= 0.6 is 0 Å². The Balaban J connectivity index is 2.09. The van der Waals surface area contributed by atoms with Gasteiger partial charge in [-0.2, -0.15) is 0 Å². The monoisotopic (exact) mass is 299 g/mol. The Morgan fingerprint density at radius 2 is 1.50 bits per heavy atom. The summed E-state index contributed by atoms with van der Waals surface area (Å²) in [6.45, 7) is 13.1. The van der Waals surface area contributed by atoms with Crippen LogP contribution in [0.1, 0.15) is 41.5 Å². The average Bonchev–Trinajstić information content (AvgIpc) is 3.00. The highest BCUT2D eigenvalue weighted by atomic mass is 16.6. The molecule has 0 atom stereocenters. The second kappa shape index (κ2) is 4.80. The largest absolute Gasteiger partial charge is 0.721 e. The van der Waals surface area contributed by atoms with Gasteiger partial charge in [0, 0.05) is 0 Å². The van der Waals surface area contributed by atoms with Gasteiger partial charge in [-0.1, -0.05) is 12.1 Å². The van der Waals surface area contributed by atoms with Crippen LogP contribution < -0.4 is 19.6 Å². The summed E-state index contributed by atoms with van der Waals surface area (Å²) in [6, 6.07) is 7.82. The predicted octanol–water partition coefficient (Wildman–Crippen LogP) is 2.45. The zero-order chi connectivity index (χ0) is 16.1. The molecule has 0 aliphatic carbocycles. The molecule has 2 aromatic rings. The summed E-state index contributed by atoms with van der Waals surface area (Å²) in [5.41, 5.74) is 0.928. The van der Waals surface area contributed by atoms with Gasteiger partial charge in [0.05, 0.1) is 0 Å².